The predicted octanol–water partition coefficient (Wildman–Crippen LogP) is 2.37. The second-order valence-electron chi connectivity index (χ2n) is 6.14. The summed E-state index contributed by atoms with van der Waals surface area (Å²) in [5.41, 5.74) is 0.570. The Morgan fingerprint density at radius 2 is 1.71 bits per heavy atom. The number of sulfone groups is 1. The number of amides is 1. The molecule has 148 valence electrons. The van der Waals surface area contributed by atoms with E-state index in [-0.39, 0.29) is 28.5 Å². The number of carbonyl (C=O) groups excluding carboxylic acids is 3. The largest absolute Gasteiger partial charge is 0.454 e. The molecule has 7 nitrogen and oxygen atoms in total. The minimum Gasteiger partial charge on any atom is -0.454 e. The van der Waals surface area contributed by atoms with Gasteiger partial charge in [-0.25, -0.2) is 17.6 Å². The maximum absolute atomic E-state index is 14.0. The van der Waals surface area contributed by atoms with Crippen molar-refractivity contribution in [2.45, 2.75) is 12.7 Å². The van der Waals surface area contributed by atoms with E-state index in [1.165, 1.54) is 43.3 Å². The Balaban J connectivity index is 1.98. The number of esters is 1. The first-order valence-electron chi connectivity index (χ1n) is 8.09. The molecule has 0 aliphatic heterocycles. The van der Waals surface area contributed by atoms with Gasteiger partial charge in [0.05, 0.1) is 16.9 Å². The summed E-state index contributed by atoms with van der Waals surface area (Å²) >= 11 is 0. The van der Waals surface area contributed by atoms with Crippen molar-refractivity contribution >= 4 is 33.2 Å². The zero-order valence-corrected chi connectivity index (χ0v) is 16.0. The second-order valence-corrected chi connectivity index (χ2v) is 8.28. The summed E-state index contributed by atoms with van der Waals surface area (Å²) in [7, 11) is -3.20. The highest BCUT2D eigenvalue weighted by molar-refractivity contribution is 7.89. The Kier molecular flexibility index (Phi) is 6.63. The lowest BCUT2D eigenvalue weighted by molar-refractivity contribution is -0.114. The van der Waals surface area contributed by atoms with Gasteiger partial charge in [-0.2, -0.15) is 0 Å². The Morgan fingerprint density at radius 1 is 1.07 bits per heavy atom. The molecule has 28 heavy (non-hydrogen) atoms. The fourth-order valence-electron chi connectivity index (χ4n) is 2.35. The van der Waals surface area contributed by atoms with Gasteiger partial charge in [-0.3, -0.25) is 9.59 Å². The van der Waals surface area contributed by atoms with Gasteiger partial charge in [-0.05, 0) is 35.9 Å². The second kappa shape index (κ2) is 8.75. The van der Waals surface area contributed by atoms with Crippen LogP contribution in [0.15, 0.2) is 42.5 Å². The fourth-order valence-corrected chi connectivity index (χ4v) is 3.15. The lowest BCUT2D eigenvalue weighted by Gasteiger charge is -2.08. The van der Waals surface area contributed by atoms with Crippen molar-refractivity contribution in [1.82, 2.24) is 0 Å². The van der Waals surface area contributed by atoms with Crippen LogP contribution in [0.2, 0.25) is 0 Å². The topological polar surface area (TPSA) is 107 Å². The van der Waals surface area contributed by atoms with Gasteiger partial charge in [0.15, 0.2) is 16.4 Å². The third kappa shape index (κ3) is 6.27. The van der Waals surface area contributed by atoms with Crippen molar-refractivity contribution in [3.63, 3.8) is 0 Å². The molecule has 0 aliphatic carbocycles. The van der Waals surface area contributed by atoms with E-state index >= 15 is 0 Å². The molecule has 9 heteroatoms. The van der Waals surface area contributed by atoms with Crippen molar-refractivity contribution < 1.29 is 31.9 Å². The monoisotopic (exact) mass is 407 g/mol. The van der Waals surface area contributed by atoms with Crippen LogP contribution in [0.3, 0.4) is 0 Å². The Bertz CT molecular complexity index is 1020. The van der Waals surface area contributed by atoms with Crippen molar-refractivity contribution in [2.24, 2.45) is 0 Å². The number of ketones is 1. The molecule has 2 aromatic carbocycles. The van der Waals surface area contributed by atoms with E-state index in [1.807, 2.05) is 0 Å². The van der Waals surface area contributed by atoms with Crippen LogP contribution >= 0.6 is 0 Å². The Hall–Kier alpha value is -3.07. The zero-order valence-electron chi connectivity index (χ0n) is 15.2. The minimum atomic E-state index is -3.20. The van der Waals surface area contributed by atoms with Crippen molar-refractivity contribution in [3.8, 4) is 0 Å². The molecule has 0 unspecified atom stereocenters. The molecule has 0 aromatic heterocycles. The highest BCUT2D eigenvalue weighted by Gasteiger charge is 2.16. The summed E-state index contributed by atoms with van der Waals surface area (Å²) in [5, 5.41) is 2.39. The van der Waals surface area contributed by atoms with Gasteiger partial charge in [0.1, 0.15) is 5.82 Å². The lowest BCUT2D eigenvalue weighted by atomic mass is 10.1. The number of nitrogens with one attached hydrogen (secondary N) is 1. The molecule has 0 atom stereocenters. The Labute approximate surface area is 161 Å². The molecule has 1 amide bonds. The summed E-state index contributed by atoms with van der Waals surface area (Å²) in [6, 6.07) is 9.26. The van der Waals surface area contributed by atoms with Crippen molar-refractivity contribution in [3.05, 3.63) is 65.0 Å². The Morgan fingerprint density at radius 3 is 2.25 bits per heavy atom. The van der Waals surface area contributed by atoms with Crippen LogP contribution < -0.4 is 5.32 Å². The molecular formula is C19H18FNO6S. The normalized spacial score (nSPS) is 11.0. The zero-order chi connectivity index (χ0) is 20.9. The average Bonchev–Trinajstić information content (AvgIpc) is 2.58. The molecule has 2 rings (SSSR count). The number of ether oxygens (including phenoxy) is 1. The van der Waals surface area contributed by atoms with Crippen molar-refractivity contribution in [1.29, 1.82) is 0 Å². The number of hydrogen-bond acceptors (Lipinski definition) is 6. The number of carbonyl (C=O) groups is 3. The third-order valence-electron chi connectivity index (χ3n) is 3.54. The van der Waals surface area contributed by atoms with E-state index in [1.54, 1.807) is 0 Å². The molecule has 0 fully saturated rings. The number of rotatable bonds is 7. The maximum Gasteiger partial charge on any atom is 0.338 e. The fraction of sp³-hybridized carbons (Fsp3) is 0.211. The van der Waals surface area contributed by atoms with E-state index in [9.17, 15) is 27.2 Å². The molecule has 0 bridgehead atoms. The minimum absolute atomic E-state index is 0.131. The van der Waals surface area contributed by atoms with Gasteiger partial charge in [-0.1, -0.05) is 12.1 Å². The van der Waals surface area contributed by atoms with E-state index in [0.717, 1.165) is 12.3 Å². The molecule has 0 heterocycles. The van der Waals surface area contributed by atoms with Crippen LogP contribution in [0.25, 0.3) is 0 Å². The molecule has 2 aromatic rings. The van der Waals surface area contributed by atoms with Crippen LogP contribution in [0.1, 0.15) is 33.2 Å². The summed E-state index contributed by atoms with van der Waals surface area (Å²) < 4.78 is 41.4. The molecule has 0 aliphatic rings. The number of hydrogen-bond donors (Lipinski definition) is 1. The highest BCUT2D eigenvalue weighted by Crippen LogP contribution is 2.16. The molecular weight excluding hydrogens is 389 g/mol. The third-order valence-corrected chi connectivity index (χ3v) is 4.40. The lowest BCUT2D eigenvalue weighted by Crippen LogP contribution is -2.16. The van der Waals surface area contributed by atoms with Gasteiger partial charge in [-0.15, -0.1) is 0 Å². The first kappa shape index (κ1) is 21.2. The van der Waals surface area contributed by atoms with E-state index in [2.05, 4.69) is 5.32 Å². The molecule has 0 radical (unpaired) electrons. The van der Waals surface area contributed by atoms with Crippen molar-refractivity contribution in [2.75, 3.05) is 18.2 Å². The summed E-state index contributed by atoms with van der Waals surface area (Å²) in [6.45, 7) is 0.602. The van der Waals surface area contributed by atoms with Gasteiger partial charge in [0, 0.05) is 18.9 Å². The van der Waals surface area contributed by atoms with E-state index < -0.39 is 34.0 Å². The predicted molar refractivity (Wildman–Crippen MR) is 100 cm³/mol. The number of Topliss-reactive ketones (excluding diaryl/α,β-unsaturated/α-hetero) is 1. The first-order chi connectivity index (χ1) is 13.0. The number of halogens is 1. The summed E-state index contributed by atoms with van der Waals surface area (Å²) in [5.74, 6) is -2.93. The maximum atomic E-state index is 14.0. The highest BCUT2D eigenvalue weighted by atomic mass is 32.2. The van der Waals surface area contributed by atoms with Crippen LogP contribution in [0.4, 0.5) is 10.1 Å². The van der Waals surface area contributed by atoms with Crippen LogP contribution in [0, 0.1) is 5.82 Å². The number of benzene rings is 2. The average molecular weight is 407 g/mol. The van der Waals surface area contributed by atoms with Crippen LogP contribution in [0.5, 0.6) is 0 Å². The SMILES string of the molecule is CC(=O)Nc1ccc(C(=O)COC(=O)c2ccc(CS(C)(=O)=O)cc2)c(F)c1. The van der Waals surface area contributed by atoms with Gasteiger partial charge in [0.25, 0.3) is 0 Å². The van der Waals surface area contributed by atoms with Gasteiger partial charge >= 0.3 is 5.97 Å². The summed E-state index contributed by atoms with van der Waals surface area (Å²) in [6.07, 6.45) is 1.10. The first-order valence-corrected chi connectivity index (χ1v) is 10.2. The molecule has 0 spiro atoms. The van der Waals surface area contributed by atoms with Gasteiger partial charge < -0.3 is 10.1 Å². The summed E-state index contributed by atoms with van der Waals surface area (Å²) in [4.78, 5) is 35.0. The smallest absolute Gasteiger partial charge is 0.338 e. The molecule has 1 N–H and O–H groups in total. The van der Waals surface area contributed by atoms with Crippen LogP contribution in [-0.4, -0.2) is 38.9 Å². The molecule has 0 saturated carbocycles. The van der Waals surface area contributed by atoms with Crippen LogP contribution in [-0.2, 0) is 25.1 Å². The van der Waals surface area contributed by atoms with E-state index in [4.69, 9.17) is 4.74 Å². The standard InChI is InChI=1S/C19H18FNO6S/c1-12(22)21-15-7-8-16(17(20)9-15)18(23)10-27-19(24)14-5-3-13(4-6-14)11-28(2,25)26/h3-9H,10-11H2,1-2H3,(H,21,22). The quantitative estimate of drug-likeness (QED) is 0.558. The van der Waals surface area contributed by atoms with E-state index in [0.29, 0.717) is 5.56 Å². The van der Waals surface area contributed by atoms with Gasteiger partial charge in [0.2, 0.25) is 11.7 Å². The molecule has 0 saturated heterocycles. The number of anilines is 1.